The van der Waals surface area contributed by atoms with Crippen LogP contribution in [-0.4, -0.2) is 36.4 Å². The zero-order valence-corrected chi connectivity index (χ0v) is 20.8. The molecule has 0 radical (unpaired) electrons. The van der Waals surface area contributed by atoms with Gasteiger partial charge in [-0.25, -0.2) is 4.98 Å². The number of pyridine rings is 1. The van der Waals surface area contributed by atoms with Crippen LogP contribution in [0.4, 0.5) is 5.13 Å². The average molecular weight is 499 g/mol. The van der Waals surface area contributed by atoms with Crippen LogP contribution in [-0.2, 0) is 4.79 Å². The van der Waals surface area contributed by atoms with E-state index in [1.165, 1.54) is 28.7 Å². The molecule has 1 amide bonds. The summed E-state index contributed by atoms with van der Waals surface area (Å²) in [7, 11) is 0. The van der Waals surface area contributed by atoms with Gasteiger partial charge in [-0.05, 0) is 37.6 Å². The molecular formula is C26H22N6OS2. The van der Waals surface area contributed by atoms with E-state index >= 15 is 0 Å². The van der Waals surface area contributed by atoms with Crippen LogP contribution in [0.5, 0.6) is 0 Å². The van der Waals surface area contributed by atoms with Gasteiger partial charge in [0.1, 0.15) is 0 Å². The second-order valence-corrected chi connectivity index (χ2v) is 9.71. The lowest BCUT2D eigenvalue weighted by molar-refractivity contribution is -0.113. The van der Waals surface area contributed by atoms with Crippen molar-refractivity contribution in [2.24, 2.45) is 0 Å². The largest absolute Gasteiger partial charge is 0.301 e. The third-order valence-electron chi connectivity index (χ3n) is 5.36. The Morgan fingerprint density at radius 3 is 2.51 bits per heavy atom. The van der Waals surface area contributed by atoms with E-state index in [2.05, 4.69) is 25.5 Å². The molecule has 35 heavy (non-hydrogen) atoms. The van der Waals surface area contributed by atoms with Gasteiger partial charge in [-0.15, -0.1) is 21.5 Å². The molecule has 9 heteroatoms. The number of aryl methyl sites for hydroxylation is 2. The lowest BCUT2D eigenvalue weighted by Gasteiger charge is -2.12. The molecule has 0 saturated carbocycles. The summed E-state index contributed by atoms with van der Waals surface area (Å²) in [5.41, 5.74) is 6.02. The number of anilines is 1. The Labute approximate surface area is 211 Å². The Balaban J connectivity index is 1.34. The van der Waals surface area contributed by atoms with Gasteiger partial charge in [-0.3, -0.25) is 14.3 Å². The number of nitrogens with zero attached hydrogens (tertiary/aromatic N) is 5. The van der Waals surface area contributed by atoms with Crippen molar-refractivity contribution < 1.29 is 4.79 Å². The molecule has 1 N–H and O–H groups in total. The number of thioether (sulfide) groups is 1. The van der Waals surface area contributed by atoms with Crippen LogP contribution in [0.25, 0.3) is 28.3 Å². The van der Waals surface area contributed by atoms with E-state index in [0.717, 1.165) is 28.1 Å². The molecule has 0 fully saturated rings. The highest BCUT2D eigenvalue weighted by Gasteiger charge is 2.19. The quantitative estimate of drug-likeness (QED) is 0.286. The molecule has 7 nitrogen and oxygen atoms in total. The number of hydrogen-bond acceptors (Lipinski definition) is 7. The molecule has 174 valence electrons. The van der Waals surface area contributed by atoms with Crippen LogP contribution >= 0.6 is 23.1 Å². The predicted molar refractivity (Wildman–Crippen MR) is 141 cm³/mol. The molecule has 2 aromatic carbocycles. The van der Waals surface area contributed by atoms with Gasteiger partial charge in [0, 0.05) is 28.9 Å². The molecule has 0 saturated heterocycles. The first-order valence-corrected chi connectivity index (χ1v) is 12.8. The molecule has 3 aromatic heterocycles. The van der Waals surface area contributed by atoms with Crippen molar-refractivity contribution in [3.63, 3.8) is 0 Å². The van der Waals surface area contributed by atoms with Crippen LogP contribution in [0, 0.1) is 13.8 Å². The van der Waals surface area contributed by atoms with E-state index in [1.54, 1.807) is 12.4 Å². The third-order valence-corrected chi connectivity index (χ3v) is 7.05. The first-order chi connectivity index (χ1) is 17.1. The van der Waals surface area contributed by atoms with E-state index in [0.29, 0.717) is 16.1 Å². The fourth-order valence-corrected chi connectivity index (χ4v) is 5.04. The number of hydrogen-bond donors (Lipinski definition) is 1. The Kier molecular flexibility index (Phi) is 6.69. The number of carbonyl (C=O) groups excluding carboxylic acids is 1. The summed E-state index contributed by atoms with van der Waals surface area (Å²) in [5, 5.41) is 14.9. The predicted octanol–water partition coefficient (Wildman–Crippen LogP) is 5.80. The van der Waals surface area contributed by atoms with Gasteiger partial charge in [0.15, 0.2) is 16.1 Å². The van der Waals surface area contributed by atoms with Gasteiger partial charge >= 0.3 is 0 Å². The highest BCUT2D eigenvalue weighted by molar-refractivity contribution is 7.99. The van der Waals surface area contributed by atoms with Crippen LogP contribution < -0.4 is 5.32 Å². The number of benzene rings is 2. The molecule has 0 bridgehead atoms. The minimum atomic E-state index is -0.149. The minimum absolute atomic E-state index is 0.149. The zero-order valence-electron chi connectivity index (χ0n) is 19.2. The fourth-order valence-electron chi connectivity index (χ4n) is 3.56. The van der Waals surface area contributed by atoms with Gasteiger partial charge < -0.3 is 5.32 Å². The summed E-state index contributed by atoms with van der Waals surface area (Å²) >= 11 is 2.75. The van der Waals surface area contributed by atoms with Crippen molar-refractivity contribution >= 4 is 34.1 Å². The standard InChI is InChI=1S/C26H22N6OS2/c1-17-7-9-19(10-8-17)21-15-34-25(28-21)29-23(33)16-35-26-31-30-24(20-11-13-27-14-12-20)32(26)22-6-4-3-5-18(22)2/h3-15H,16H2,1-2H3,(H,28,29,33). The van der Waals surface area contributed by atoms with Crippen molar-refractivity contribution in [3.8, 4) is 28.3 Å². The van der Waals surface area contributed by atoms with Gasteiger partial charge in [0.2, 0.25) is 5.91 Å². The summed E-state index contributed by atoms with van der Waals surface area (Å²) in [6.45, 7) is 4.09. The third kappa shape index (κ3) is 5.16. The molecule has 0 unspecified atom stereocenters. The van der Waals surface area contributed by atoms with Gasteiger partial charge in [-0.2, -0.15) is 0 Å². The zero-order chi connectivity index (χ0) is 24.2. The first kappa shape index (κ1) is 22.9. The summed E-state index contributed by atoms with van der Waals surface area (Å²) < 4.78 is 1.99. The first-order valence-electron chi connectivity index (χ1n) is 11.0. The highest BCUT2D eigenvalue weighted by Crippen LogP contribution is 2.30. The molecule has 0 atom stereocenters. The van der Waals surface area contributed by atoms with Gasteiger partial charge in [0.25, 0.3) is 0 Å². The summed E-state index contributed by atoms with van der Waals surface area (Å²) in [6.07, 6.45) is 3.46. The van der Waals surface area contributed by atoms with E-state index < -0.39 is 0 Å². The second kappa shape index (κ2) is 10.2. The van der Waals surface area contributed by atoms with Gasteiger partial charge in [0.05, 0.1) is 17.1 Å². The van der Waals surface area contributed by atoms with Crippen molar-refractivity contribution in [1.82, 2.24) is 24.7 Å². The molecule has 0 aliphatic rings. The number of amides is 1. The summed E-state index contributed by atoms with van der Waals surface area (Å²) in [5.74, 6) is 0.733. The maximum absolute atomic E-state index is 12.7. The maximum atomic E-state index is 12.7. The molecule has 5 aromatic rings. The van der Waals surface area contributed by atoms with Gasteiger partial charge in [-0.1, -0.05) is 59.8 Å². The van der Waals surface area contributed by atoms with Crippen molar-refractivity contribution in [1.29, 1.82) is 0 Å². The number of rotatable bonds is 7. The fraction of sp³-hybridized carbons (Fsp3) is 0.115. The Hall–Kier alpha value is -3.82. The molecule has 5 rings (SSSR count). The molecule has 0 aliphatic heterocycles. The molecule has 3 heterocycles. The Morgan fingerprint density at radius 1 is 0.971 bits per heavy atom. The monoisotopic (exact) mass is 498 g/mol. The van der Waals surface area contributed by atoms with Crippen molar-refractivity contribution in [2.45, 2.75) is 19.0 Å². The normalized spacial score (nSPS) is 10.9. The van der Waals surface area contributed by atoms with E-state index in [-0.39, 0.29) is 11.7 Å². The lowest BCUT2D eigenvalue weighted by Crippen LogP contribution is -2.14. The second-order valence-electron chi connectivity index (χ2n) is 7.90. The lowest BCUT2D eigenvalue weighted by atomic mass is 10.1. The molecule has 0 spiro atoms. The van der Waals surface area contributed by atoms with Crippen LogP contribution in [0.1, 0.15) is 11.1 Å². The number of nitrogens with one attached hydrogen (secondary N) is 1. The van der Waals surface area contributed by atoms with E-state index in [1.807, 2.05) is 84.5 Å². The average Bonchev–Trinajstić information content (AvgIpc) is 3.51. The smallest absolute Gasteiger partial charge is 0.236 e. The van der Waals surface area contributed by atoms with Crippen molar-refractivity contribution in [2.75, 3.05) is 11.1 Å². The Morgan fingerprint density at radius 2 is 1.74 bits per heavy atom. The summed E-state index contributed by atoms with van der Waals surface area (Å²) in [6, 6.07) is 20.0. The topological polar surface area (TPSA) is 85.6 Å². The molecular weight excluding hydrogens is 476 g/mol. The number of para-hydroxylation sites is 1. The Bertz CT molecular complexity index is 1460. The van der Waals surface area contributed by atoms with Crippen LogP contribution in [0.2, 0.25) is 0 Å². The number of carbonyl (C=O) groups is 1. The van der Waals surface area contributed by atoms with Crippen molar-refractivity contribution in [3.05, 3.63) is 89.6 Å². The molecule has 0 aliphatic carbocycles. The van der Waals surface area contributed by atoms with Crippen LogP contribution in [0.3, 0.4) is 0 Å². The van der Waals surface area contributed by atoms with Crippen LogP contribution in [0.15, 0.2) is 83.6 Å². The SMILES string of the molecule is Cc1ccc(-c2csc(NC(=O)CSc3nnc(-c4ccncc4)n3-c3ccccc3C)n2)cc1. The summed E-state index contributed by atoms with van der Waals surface area (Å²) in [4.78, 5) is 21.4. The maximum Gasteiger partial charge on any atom is 0.236 e. The minimum Gasteiger partial charge on any atom is -0.301 e. The van der Waals surface area contributed by atoms with E-state index in [4.69, 9.17) is 0 Å². The highest BCUT2D eigenvalue weighted by atomic mass is 32.2. The number of thiazole rings is 1. The number of aromatic nitrogens is 5. The van der Waals surface area contributed by atoms with E-state index in [9.17, 15) is 4.79 Å².